The molecule has 1 amide bonds. The third-order valence-corrected chi connectivity index (χ3v) is 8.30. The van der Waals surface area contributed by atoms with Crippen LogP contribution >= 0.6 is 0 Å². The van der Waals surface area contributed by atoms with Crippen LogP contribution in [0.4, 0.5) is 11.4 Å². The van der Waals surface area contributed by atoms with Crippen molar-refractivity contribution in [2.24, 2.45) is 5.16 Å². The van der Waals surface area contributed by atoms with Gasteiger partial charge in [-0.15, -0.1) is 0 Å². The highest BCUT2D eigenvalue weighted by Crippen LogP contribution is 2.32. The summed E-state index contributed by atoms with van der Waals surface area (Å²) in [6.07, 6.45) is 0.623. The van der Waals surface area contributed by atoms with Crippen molar-refractivity contribution in [3.8, 4) is 0 Å². The van der Waals surface area contributed by atoms with E-state index in [1.165, 1.54) is 46.8 Å². The van der Waals surface area contributed by atoms with Crippen LogP contribution in [0.25, 0.3) is 0 Å². The standard InChI is InChI=1S/C29H23N3O6S/c33-28(21-10-13-23(14-11-21)39(37,38)32-17-16-19-6-4-5-9-26(19)32)30-25-15-12-22(18-24(25)29(34)35)27(31-36)20-7-2-1-3-8-20/h1-15,18,36H,16-17H2,(H,30,33)(H,34,35). The number of nitrogens with one attached hydrogen (secondary N) is 1. The van der Waals surface area contributed by atoms with Crippen LogP contribution in [0, 0.1) is 0 Å². The van der Waals surface area contributed by atoms with Crippen LogP contribution in [-0.2, 0) is 16.4 Å². The number of carbonyl (C=O) groups is 2. The average molecular weight is 542 g/mol. The van der Waals surface area contributed by atoms with Gasteiger partial charge >= 0.3 is 5.97 Å². The molecule has 1 heterocycles. The molecular formula is C29H23N3O6S. The van der Waals surface area contributed by atoms with Crippen molar-refractivity contribution in [1.82, 2.24) is 0 Å². The minimum Gasteiger partial charge on any atom is -0.478 e. The lowest BCUT2D eigenvalue weighted by Gasteiger charge is -2.19. The van der Waals surface area contributed by atoms with Crippen LogP contribution in [0.5, 0.6) is 0 Å². The SMILES string of the molecule is O=C(Nc1ccc(C(=NO)c2ccccc2)cc1C(=O)O)c1ccc(S(=O)(=O)N2CCc3ccccc32)cc1. The highest BCUT2D eigenvalue weighted by atomic mass is 32.2. The zero-order valence-electron chi connectivity index (χ0n) is 20.5. The van der Waals surface area contributed by atoms with Crippen molar-refractivity contribution in [3.05, 3.63) is 125 Å². The number of fused-ring (bicyclic) bond motifs is 1. The van der Waals surface area contributed by atoms with Crippen molar-refractivity contribution >= 4 is 39.0 Å². The number of carbonyl (C=O) groups excluding carboxylic acids is 1. The van der Waals surface area contributed by atoms with Gasteiger partial charge in [0.15, 0.2) is 0 Å². The summed E-state index contributed by atoms with van der Waals surface area (Å²) in [5, 5.41) is 25.2. The number of aromatic carboxylic acids is 1. The van der Waals surface area contributed by atoms with E-state index in [9.17, 15) is 28.3 Å². The fourth-order valence-corrected chi connectivity index (χ4v) is 6.02. The monoisotopic (exact) mass is 541 g/mol. The molecule has 9 nitrogen and oxygen atoms in total. The second kappa shape index (κ2) is 10.4. The molecule has 0 radical (unpaired) electrons. The number of hydrogen-bond donors (Lipinski definition) is 3. The Morgan fingerprint density at radius 1 is 0.821 bits per heavy atom. The highest BCUT2D eigenvalue weighted by molar-refractivity contribution is 7.92. The van der Waals surface area contributed by atoms with Gasteiger partial charge in [-0.1, -0.05) is 59.8 Å². The van der Waals surface area contributed by atoms with Gasteiger partial charge < -0.3 is 15.6 Å². The average Bonchev–Trinajstić information content (AvgIpc) is 3.40. The largest absolute Gasteiger partial charge is 0.478 e. The van der Waals surface area contributed by atoms with E-state index >= 15 is 0 Å². The second-order valence-corrected chi connectivity index (χ2v) is 10.7. The molecule has 0 spiro atoms. The molecule has 5 rings (SSSR count). The maximum atomic E-state index is 13.2. The second-order valence-electron chi connectivity index (χ2n) is 8.81. The van der Waals surface area contributed by atoms with Crippen molar-refractivity contribution in [1.29, 1.82) is 0 Å². The number of benzene rings is 4. The van der Waals surface area contributed by atoms with Gasteiger partial charge in [0.25, 0.3) is 15.9 Å². The maximum Gasteiger partial charge on any atom is 0.337 e. The quantitative estimate of drug-likeness (QED) is 0.178. The summed E-state index contributed by atoms with van der Waals surface area (Å²) in [5.41, 5.74) is 2.69. The number of carboxylic acids is 1. The molecular weight excluding hydrogens is 518 g/mol. The van der Waals surface area contributed by atoms with Gasteiger partial charge in [-0.25, -0.2) is 13.2 Å². The molecule has 0 saturated carbocycles. The summed E-state index contributed by atoms with van der Waals surface area (Å²) >= 11 is 0. The molecule has 1 aliphatic heterocycles. The first-order valence-corrected chi connectivity index (χ1v) is 13.4. The normalized spacial score (nSPS) is 13.1. The number of oxime groups is 1. The number of amides is 1. The lowest BCUT2D eigenvalue weighted by molar-refractivity contribution is 0.0698. The van der Waals surface area contributed by atoms with E-state index in [1.54, 1.807) is 42.5 Å². The van der Waals surface area contributed by atoms with E-state index in [0.717, 1.165) is 5.56 Å². The highest BCUT2D eigenvalue weighted by Gasteiger charge is 2.30. The van der Waals surface area contributed by atoms with Crippen LogP contribution < -0.4 is 9.62 Å². The molecule has 0 fully saturated rings. The van der Waals surface area contributed by atoms with Crippen LogP contribution in [0.3, 0.4) is 0 Å². The van der Waals surface area contributed by atoms with Crippen LogP contribution in [0.15, 0.2) is 107 Å². The minimum atomic E-state index is -3.82. The Balaban J connectivity index is 1.37. The Bertz CT molecular complexity index is 1700. The Morgan fingerprint density at radius 2 is 1.49 bits per heavy atom. The van der Waals surface area contributed by atoms with Gasteiger partial charge in [-0.2, -0.15) is 0 Å². The van der Waals surface area contributed by atoms with E-state index < -0.39 is 21.9 Å². The molecule has 0 saturated heterocycles. The zero-order valence-corrected chi connectivity index (χ0v) is 21.3. The molecule has 0 bridgehead atoms. The number of carboxylic acid groups (broad SMARTS) is 1. The lowest BCUT2D eigenvalue weighted by atomic mass is 9.99. The van der Waals surface area contributed by atoms with Crippen molar-refractivity contribution in [2.45, 2.75) is 11.3 Å². The Kier molecular flexibility index (Phi) is 6.86. The molecule has 0 atom stereocenters. The topological polar surface area (TPSA) is 136 Å². The molecule has 1 aliphatic rings. The Morgan fingerprint density at radius 3 is 2.18 bits per heavy atom. The van der Waals surface area contributed by atoms with Gasteiger partial charge in [-0.3, -0.25) is 9.10 Å². The van der Waals surface area contributed by atoms with Gasteiger partial charge in [0, 0.05) is 23.2 Å². The molecule has 4 aromatic carbocycles. The summed E-state index contributed by atoms with van der Waals surface area (Å²) in [6.45, 7) is 0.338. The number of rotatable bonds is 7. The van der Waals surface area contributed by atoms with Crippen molar-refractivity contribution < 1.29 is 28.3 Å². The molecule has 39 heavy (non-hydrogen) atoms. The summed E-state index contributed by atoms with van der Waals surface area (Å²) < 4.78 is 27.8. The summed E-state index contributed by atoms with van der Waals surface area (Å²) in [5.74, 6) is -1.90. The van der Waals surface area contributed by atoms with Gasteiger partial charge in [0.2, 0.25) is 0 Å². The fraction of sp³-hybridized carbons (Fsp3) is 0.0690. The van der Waals surface area contributed by atoms with Crippen molar-refractivity contribution in [2.75, 3.05) is 16.2 Å². The Hall–Kier alpha value is -4.96. The maximum absolute atomic E-state index is 13.2. The summed E-state index contributed by atoms with van der Waals surface area (Å²) in [4.78, 5) is 25.0. The molecule has 0 aromatic heterocycles. The van der Waals surface area contributed by atoms with Crippen LogP contribution in [-0.4, -0.2) is 42.9 Å². The first-order chi connectivity index (χ1) is 18.8. The minimum absolute atomic E-state index is 0.0342. The third kappa shape index (κ3) is 4.97. The van der Waals surface area contributed by atoms with Gasteiger partial charge in [-0.05, 0) is 54.4 Å². The molecule has 196 valence electrons. The van der Waals surface area contributed by atoms with Gasteiger partial charge in [0.05, 0.1) is 21.8 Å². The smallest absolute Gasteiger partial charge is 0.337 e. The summed E-state index contributed by atoms with van der Waals surface area (Å²) in [6, 6.07) is 25.8. The van der Waals surface area contributed by atoms with E-state index in [4.69, 9.17) is 0 Å². The first kappa shape index (κ1) is 25.7. The van der Waals surface area contributed by atoms with Gasteiger partial charge in [0.1, 0.15) is 5.71 Å². The first-order valence-electron chi connectivity index (χ1n) is 12.0. The van der Waals surface area contributed by atoms with Crippen LogP contribution in [0.1, 0.15) is 37.4 Å². The molecule has 0 unspecified atom stereocenters. The van der Waals surface area contributed by atoms with Crippen molar-refractivity contribution in [3.63, 3.8) is 0 Å². The van der Waals surface area contributed by atoms with E-state index in [0.29, 0.717) is 29.8 Å². The zero-order chi connectivity index (χ0) is 27.6. The van der Waals surface area contributed by atoms with E-state index in [-0.39, 0.29) is 27.4 Å². The predicted octanol–water partition coefficient (Wildman–Crippen LogP) is 4.62. The molecule has 3 N–H and O–H groups in total. The number of sulfonamides is 1. The predicted molar refractivity (Wildman–Crippen MR) is 146 cm³/mol. The Labute approximate surface area is 224 Å². The lowest BCUT2D eigenvalue weighted by Crippen LogP contribution is -2.29. The number of anilines is 2. The number of nitrogens with zero attached hydrogens (tertiary/aromatic N) is 2. The third-order valence-electron chi connectivity index (χ3n) is 6.47. The summed E-state index contributed by atoms with van der Waals surface area (Å²) in [7, 11) is -3.82. The number of para-hydroxylation sites is 1. The molecule has 4 aromatic rings. The molecule has 10 heteroatoms. The van der Waals surface area contributed by atoms with Crippen LogP contribution in [0.2, 0.25) is 0 Å². The van der Waals surface area contributed by atoms with E-state index in [1.807, 2.05) is 12.1 Å². The number of hydrogen-bond acceptors (Lipinski definition) is 6. The van der Waals surface area contributed by atoms with E-state index in [2.05, 4.69) is 10.5 Å². The molecule has 0 aliphatic carbocycles. The fourth-order valence-electron chi connectivity index (χ4n) is 4.51.